The molecule has 0 spiro atoms. The van der Waals surface area contributed by atoms with Gasteiger partial charge in [0.15, 0.2) is 0 Å². The Morgan fingerprint density at radius 3 is 2.48 bits per heavy atom. The van der Waals surface area contributed by atoms with Crippen molar-refractivity contribution in [2.75, 3.05) is 31.2 Å². The fourth-order valence-electron chi connectivity index (χ4n) is 4.66. The number of piperidine rings is 1. The number of ether oxygens (including phenoxy) is 2. The fourth-order valence-corrected chi connectivity index (χ4v) is 4.66. The van der Waals surface area contributed by atoms with Gasteiger partial charge in [0.05, 0.1) is 0 Å². The average Bonchev–Trinajstić information content (AvgIpc) is 2.84. The number of hydrogen-bond donors (Lipinski definition) is 2. The van der Waals surface area contributed by atoms with Crippen molar-refractivity contribution in [1.29, 1.82) is 5.41 Å². The van der Waals surface area contributed by atoms with Crippen LogP contribution in [0, 0.1) is 23.1 Å². The predicted octanol–water partition coefficient (Wildman–Crippen LogP) is 3.29. The van der Waals surface area contributed by atoms with E-state index in [2.05, 4.69) is 14.9 Å². The van der Waals surface area contributed by atoms with E-state index in [0.29, 0.717) is 17.1 Å². The highest BCUT2D eigenvalue weighted by Crippen LogP contribution is 2.33. The summed E-state index contributed by atoms with van der Waals surface area (Å²) in [5.74, 6) is 0.729. The van der Waals surface area contributed by atoms with Gasteiger partial charge in [-0.3, -0.25) is 10.2 Å². The van der Waals surface area contributed by atoms with Crippen LogP contribution in [-0.4, -0.2) is 48.1 Å². The highest BCUT2D eigenvalue weighted by Gasteiger charge is 2.28. The van der Waals surface area contributed by atoms with Crippen molar-refractivity contribution in [2.24, 2.45) is 17.6 Å². The van der Waals surface area contributed by atoms with Crippen molar-refractivity contribution >= 4 is 17.8 Å². The topological polar surface area (TPSA) is 114 Å². The molecule has 0 aliphatic carbocycles. The van der Waals surface area contributed by atoms with Crippen molar-refractivity contribution in [3.05, 3.63) is 42.0 Å². The Bertz CT molecular complexity index is 971. The maximum atomic E-state index is 15.0. The van der Waals surface area contributed by atoms with Gasteiger partial charge in [0.1, 0.15) is 24.7 Å². The van der Waals surface area contributed by atoms with E-state index < -0.39 is 11.8 Å². The lowest BCUT2D eigenvalue weighted by molar-refractivity contribution is -0.143. The monoisotopic (exact) mass is 455 g/mol. The molecule has 0 radical (unpaired) electrons. The summed E-state index contributed by atoms with van der Waals surface area (Å²) in [6, 6.07) is 4.90. The third-order valence-electron chi connectivity index (χ3n) is 6.51. The molecular weight excluding hydrogens is 425 g/mol. The standard InChI is InChI=1S/C24H30FN5O3/c25-23-18(15-33-22(31)12-21(26)27)2-1-3-20(23)19-13-28-24(29-14-19)30-8-4-16(5-9-30)17-6-10-32-11-7-17/h1-3,13-14,16-17H,4-12,15H2,(H3,26,27). The summed E-state index contributed by atoms with van der Waals surface area (Å²) in [6.07, 6.45) is 7.55. The molecule has 3 N–H and O–H groups in total. The molecule has 2 aromatic rings. The lowest BCUT2D eigenvalue weighted by Gasteiger charge is -2.37. The van der Waals surface area contributed by atoms with E-state index in [9.17, 15) is 4.79 Å². The van der Waals surface area contributed by atoms with Gasteiger partial charge in [-0.2, -0.15) is 0 Å². The largest absolute Gasteiger partial charge is 0.460 e. The minimum absolute atomic E-state index is 0.229. The van der Waals surface area contributed by atoms with E-state index in [1.54, 1.807) is 30.6 Å². The molecule has 176 valence electrons. The maximum Gasteiger partial charge on any atom is 0.313 e. The number of amidine groups is 1. The Morgan fingerprint density at radius 1 is 1.15 bits per heavy atom. The van der Waals surface area contributed by atoms with Crippen LogP contribution in [0.5, 0.6) is 0 Å². The molecule has 33 heavy (non-hydrogen) atoms. The first-order valence-electron chi connectivity index (χ1n) is 11.4. The Balaban J connectivity index is 1.37. The number of carbonyl (C=O) groups excluding carboxylic acids is 1. The molecule has 0 amide bonds. The number of nitrogens with two attached hydrogens (primary N) is 1. The number of nitrogens with zero attached hydrogens (tertiary/aromatic N) is 3. The number of halogens is 1. The minimum Gasteiger partial charge on any atom is -0.460 e. The van der Waals surface area contributed by atoms with Gasteiger partial charge < -0.3 is 20.1 Å². The Morgan fingerprint density at radius 2 is 1.82 bits per heavy atom. The predicted molar refractivity (Wildman–Crippen MR) is 122 cm³/mol. The van der Waals surface area contributed by atoms with Crippen LogP contribution in [-0.2, 0) is 20.9 Å². The number of benzene rings is 1. The third-order valence-corrected chi connectivity index (χ3v) is 6.51. The SMILES string of the molecule is N=C(N)CC(=O)OCc1cccc(-c2cnc(N3CCC(C4CCOCC4)CC3)nc2)c1F. The molecule has 0 atom stereocenters. The number of carbonyl (C=O) groups is 1. The molecule has 1 aromatic heterocycles. The van der Waals surface area contributed by atoms with Crippen molar-refractivity contribution < 1.29 is 18.7 Å². The van der Waals surface area contributed by atoms with E-state index in [0.717, 1.165) is 63.8 Å². The molecule has 2 fully saturated rings. The molecule has 0 saturated carbocycles. The molecule has 9 heteroatoms. The molecule has 0 unspecified atom stereocenters. The number of rotatable bonds is 7. The van der Waals surface area contributed by atoms with E-state index in [1.165, 1.54) is 0 Å². The summed E-state index contributed by atoms with van der Waals surface area (Å²) in [4.78, 5) is 22.8. The van der Waals surface area contributed by atoms with Crippen molar-refractivity contribution in [3.8, 4) is 11.1 Å². The first-order chi connectivity index (χ1) is 16.0. The smallest absolute Gasteiger partial charge is 0.313 e. The van der Waals surface area contributed by atoms with Gasteiger partial charge in [0.2, 0.25) is 5.95 Å². The zero-order valence-corrected chi connectivity index (χ0v) is 18.6. The van der Waals surface area contributed by atoms with Crippen molar-refractivity contribution in [2.45, 2.75) is 38.7 Å². The molecule has 1 aromatic carbocycles. The first kappa shape index (κ1) is 23.1. The summed E-state index contributed by atoms with van der Waals surface area (Å²) in [6.45, 7) is 3.39. The number of nitrogens with one attached hydrogen (secondary N) is 1. The van der Waals surface area contributed by atoms with E-state index in [1.807, 2.05) is 0 Å². The third kappa shape index (κ3) is 5.84. The first-order valence-corrected chi connectivity index (χ1v) is 11.4. The summed E-state index contributed by atoms with van der Waals surface area (Å²) in [7, 11) is 0. The number of hydrogen-bond acceptors (Lipinski definition) is 7. The van der Waals surface area contributed by atoms with Crippen molar-refractivity contribution in [3.63, 3.8) is 0 Å². The summed E-state index contributed by atoms with van der Waals surface area (Å²) >= 11 is 0. The quantitative estimate of drug-likeness (QED) is 0.374. The lowest BCUT2D eigenvalue weighted by atomic mass is 9.80. The Labute approximate surface area is 192 Å². The molecule has 2 aliphatic heterocycles. The number of anilines is 1. The van der Waals surface area contributed by atoms with Crippen LogP contribution in [0.1, 0.15) is 37.7 Å². The van der Waals surface area contributed by atoms with Crippen LogP contribution in [0.4, 0.5) is 10.3 Å². The zero-order valence-electron chi connectivity index (χ0n) is 18.6. The summed E-state index contributed by atoms with van der Waals surface area (Å²) < 4.78 is 25.5. The molecule has 8 nitrogen and oxygen atoms in total. The van der Waals surface area contributed by atoms with Gasteiger partial charge in [-0.15, -0.1) is 0 Å². The maximum absolute atomic E-state index is 15.0. The molecule has 3 heterocycles. The normalized spacial score (nSPS) is 17.7. The molecule has 4 rings (SSSR count). The summed E-state index contributed by atoms with van der Waals surface area (Å²) in [5.41, 5.74) is 6.33. The Kier molecular flexibility index (Phi) is 7.49. The van der Waals surface area contributed by atoms with Gasteiger partial charge in [-0.05, 0) is 37.5 Å². The number of aromatic nitrogens is 2. The number of esters is 1. The van der Waals surface area contributed by atoms with Gasteiger partial charge >= 0.3 is 5.97 Å². The molecular formula is C24H30FN5O3. The second-order valence-electron chi connectivity index (χ2n) is 8.69. The van der Waals surface area contributed by atoms with Gasteiger partial charge in [-0.1, -0.05) is 18.2 Å². The van der Waals surface area contributed by atoms with Crippen LogP contribution in [0.2, 0.25) is 0 Å². The molecule has 0 bridgehead atoms. The highest BCUT2D eigenvalue weighted by atomic mass is 19.1. The van der Waals surface area contributed by atoms with E-state index in [4.69, 9.17) is 20.6 Å². The molecule has 2 saturated heterocycles. The van der Waals surface area contributed by atoms with Gasteiger partial charge in [-0.25, -0.2) is 14.4 Å². The second kappa shape index (κ2) is 10.7. The van der Waals surface area contributed by atoms with Gasteiger partial charge in [0, 0.05) is 55.4 Å². The lowest BCUT2D eigenvalue weighted by Crippen LogP contribution is -2.38. The second-order valence-corrected chi connectivity index (χ2v) is 8.69. The van der Waals surface area contributed by atoms with E-state index in [-0.39, 0.29) is 24.4 Å². The van der Waals surface area contributed by atoms with Crippen LogP contribution in [0.15, 0.2) is 30.6 Å². The van der Waals surface area contributed by atoms with Gasteiger partial charge in [0.25, 0.3) is 0 Å². The average molecular weight is 456 g/mol. The summed E-state index contributed by atoms with van der Waals surface area (Å²) in [5, 5.41) is 7.13. The van der Waals surface area contributed by atoms with Crippen LogP contribution < -0.4 is 10.6 Å². The van der Waals surface area contributed by atoms with Crippen molar-refractivity contribution in [1.82, 2.24) is 9.97 Å². The highest BCUT2D eigenvalue weighted by molar-refractivity contribution is 5.94. The molecule has 2 aliphatic rings. The van der Waals surface area contributed by atoms with Crippen LogP contribution in [0.3, 0.4) is 0 Å². The Hall–Kier alpha value is -3.07. The zero-order chi connectivity index (χ0) is 23.2. The van der Waals surface area contributed by atoms with Crippen LogP contribution in [0.25, 0.3) is 11.1 Å². The van der Waals surface area contributed by atoms with E-state index >= 15 is 4.39 Å². The fraction of sp³-hybridized carbons (Fsp3) is 0.500. The minimum atomic E-state index is -0.666. The van der Waals surface area contributed by atoms with Crippen LogP contribution >= 0.6 is 0 Å².